The first kappa shape index (κ1) is 19.9. The molecule has 4 nitrogen and oxygen atoms in total. The standard InChI is InChI=1S/C22H15F3N2O2S/c1-29-14-9-5-8-13(10-14)16-11-15(22(23,24)25)17-18(26)20(30-21(17)27-16)19(28)12-6-3-2-4-7-12/h2-11H,26H2,1H3. The third-order valence-electron chi connectivity index (χ3n) is 4.61. The van der Waals surface area contributed by atoms with Gasteiger partial charge in [0, 0.05) is 16.5 Å². The summed E-state index contributed by atoms with van der Waals surface area (Å²) in [6, 6.07) is 15.8. The molecule has 0 atom stereocenters. The molecule has 0 saturated carbocycles. The van der Waals surface area contributed by atoms with E-state index in [1.54, 1.807) is 54.6 Å². The molecule has 30 heavy (non-hydrogen) atoms. The van der Waals surface area contributed by atoms with Crippen LogP contribution in [0.2, 0.25) is 0 Å². The Hall–Kier alpha value is -3.39. The smallest absolute Gasteiger partial charge is 0.417 e. The van der Waals surface area contributed by atoms with Crippen molar-refractivity contribution in [3.8, 4) is 17.0 Å². The number of pyridine rings is 1. The molecule has 0 aliphatic carbocycles. The molecule has 0 spiro atoms. The zero-order valence-electron chi connectivity index (χ0n) is 15.7. The fraction of sp³-hybridized carbons (Fsp3) is 0.0909. The first-order chi connectivity index (χ1) is 14.3. The molecule has 4 aromatic rings. The molecule has 4 rings (SSSR count). The van der Waals surface area contributed by atoms with E-state index in [2.05, 4.69) is 4.98 Å². The van der Waals surface area contributed by atoms with Crippen LogP contribution in [0.3, 0.4) is 0 Å². The van der Waals surface area contributed by atoms with Crippen molar-refractivity contribution in [1.82, 2.24) is 4.98 Å². The highest BCUT2D eigenvalue weighted by molar-refractivity contribution is 7.21. The summed E-state index contributed by atoms with van der Waals surface area (Å²) in [6.45, 7) is 0. The summed E-state index contributed by atoms with van der Waals surface area (Å²) in [5.41, 5.74) is 5.83. The number of carbonyl (C=O) groups is 1. The molecule has 0 aliphatic heterocycles. The summed E-state index contributed by atoms with van der Waals surface area (Å²) in [4.78, 5) is 17.3. The molecule has 2 aromatic heterocycles. The number of nitrogen functional groups attached to an aromatic ring is 1. The molecule has 152 valence electrons. The monoisotopic (exact) mass is 428 g/mol. The third-order valence-corrected chi connectivity index (χ3v) is 5.71. The van der Waals surface area contributed by atoms with E-state index in [4.69, 9.17) is 10.5 Å². The van der Waals surface area contributed by atoms with Crippen LogP contribution in [0.25, 0.3) is 21.5 Å². The highest BCUT2D eigenvalue weighted by Gasteiger charge is 2.36. The molecule has 0 radical (unpaired) electrons. The van der Waals surface area contributed by atoms with Gasteiger partial charge in [0.2, 0.25) is 5.78 Å². The Bertz CT molecular complexity index is 1250. The fourth-order valence-corrected chi connectivity index (χ4v) is 4.25. The number of ketones is 1. The van der Waals surface area contributed by atoms with Crippen LogP contribution < -0.4 is 10.5 Å². The minimum atomic E-state index is -4.67. The molecule has 0 fully saturated rings. The van der Waals surface area contributed by atoms with Crippen molar-refractivity contribution in [1.29, 1.82) is 0 Å². The molecule has 0 saturated heterocycles. The summed E-state index contributed by atoms with van der Waals surface area (Å²) < 4.78 is 46.8. The second-order valence-corrected chi connectivity index (χ2v) is 7.50. The lowest BCUT2D eigenvalue weighted by molar-refractivity contribution is -0.136. The number of alkyl halides is 3. The zero-order valence-corrected chi connectivity index (χ0v) is 16.5. The van der Waals surface area contributed by atoms with Crippen molar-refractivity contribution < 1.29 is 22.7 Å². The molecule has 2 N–H and O–H groups in total. The number of nitrogens with two attached hydrogens (primary N) is 1. The van der Waals surface area contributed by atoms with Gasteiger partial charge < -0.3 is 10.5 Å². The molecular weight excluding hydrogens is 413 g/mol. The second-order valence-electron chi connectivity index (χ2n) is 6.50. The van der Waals surface area contributed by atoms with Crippen LogP contribution in [0.15, 0.2) is 60.7 Å². The zero-order chi connectivity index (χ0) is 21.5. The molecule has 2 heterocycles. The van der Waals surface area contributed by atoms with Gasteiger partial charge in [-0.05, 0) is 18.2 Å². The number of ether oxygens (including phenoxy) is 1. The van der Waals surface area contributed by atoms with Crippen molar-refractivity contribution in [3.63, 3.8) is 0 Å². The summed E-state index contributed by atoms with van der Waals surface area (Å²) in [5.74, 6) is 0.0562. The number of anilines is 1. The van der Waals surface area contributed by atoms with Gasteiger partial charge >= 0.3 is 6.18 Å². The fourth-order valence-electron chi connectivity index (χ4n) is 3.16. The predicted octanol–water partition coefficient (Wildman–Crippen LogP) is 5.80. The van der Waals surface area contributed by atoms with E-state index >= 15 is 0 Å². The molecule has 0 amide bonds. The largest absolute Gasteiger partial charge is 0.497 e. The van der Waals surface area contributed by atoms with Crippen molar-refractivity contribution in [2.45, 2.75) is 6.18 Å². The van der Waals surface area contributed by atoms with E-state index in [0.29, 0.717) is 16.9 Å². The maximum absolute atomic E-state index is 13.9. The van der Waals surface area contributed by atoms with Crippen LogP contribution in [-0.4, -0.2) is 17.9 Å². The average Bonchev–Trinajstić information content (AvgIpc) is 3.09. The van der Waals surface area contributed by atoms with Crippen molar-refractivity contribution in [2.24, 2.45) is 0 Å². The first-order valence-electron chi connectivity index (χ1n) is 8.84. The SMILES string of the molecule is COc1cccc(-c2cc(C(F)(F)F)c3c(N)c(C(=O)c4ccccc4)sc3n2)c1. The summed E-state index contributed by atoms with van der Waals surface area (Å²) >= 11 is 0.859. The molecule has 0 unspecified atom stereocenters. The number of nitrogens with zero attached hydrogens (tertiary/aromatic N) is 1. The minimum absolute atomic E-state index is 0.0389. The Labute approximate surface area is 173 Å². The van der Waals surface area contributed by atoms with Crippen LogP contribution in [0, 0.1) is 0 Å². The molecule has 0 aliphatic rings. The molecule has 8 heteroatoms. The Balaban J connectivity index is 1.95. The van der Waals surface area contributed by atoms with Gasteiger partial charge in [0.1, 0.15) is 15.5 Å². The summed E-state index contributed by atoms with van der Waals surface area (Å²) in [7, 11) is 1.47. The first-order valence-corrected chi connectivity index (χ1v) is 9.65. The van der Waals surface area contributed by atoms with Gasteiger partial charge in [-0.2, -0.15) is 13.2 Å². The van der Waals surface area contributed by atoms with Crippen LogP contribution in [0.5, 0.6) is 5.75 Å². The van der Waals surface area contributed by atoms with Crippen LogP contribution in [-0.2, 0) is 6.18 Å². The van der Waals surface area contributed by atoms with Crippen LogP contribution >= 0.6 is 11.3 Å². The number of fused-ring (bicyclic) bond motifs is 1. The quantitative estimate of drug-likeness (QED) is 0.417. The van der Waals surface area contributed by atoms with Crippen molar-refractivity contribution in [2.75, 3.05) is 12.8 Å². The van der Waals surface area contributed by atoms with Gasteiger partial charge in [0.05, 0.1) is 24.1 Å². The topological polar surface area (TPSA) is 65.2 Å². The van der Waals surface area contributed by atoms with E-state index in [9.17, 15) is 18.0 Å². The van der Waals surface area contributed by atoms with Crippen LogP contribution in [0.4, 0.5) is 18.9 Å². The lowest BCUT2D eigenvalue weighted by Crippen LogP contribution is -2.08. The summed E-state index contributed by atoms with van der Waals surface area (Å²) in [5, 5.41) is -0.251. The van der Waals surface area contributed by atoms with Gasteiger partial charge in [-0.25, -0.2) is 4.98 Å². The van der Waals surface area contributed by atoms with Gasteiger partial charge in [0.25, 0.3) is 0 Å². The molecule has 0 bridgehead atoms. The Morgan fingerprint density at radius 1 is 1.07 bits per heavy atom. The van der Waals surface area contributed by atoms with E-state index in [1.165, 1.54) is 7.11 Å². The Morgan fingerprint density at radius 2 is 1.80 bits per heavy atom. The van der Waals surface area contributed by atoms with Crippen LogP contribution in [0.1, 0.15) is 20.8 Å². The summed E-state index contributed by atoms with van der Waals surface area (Å²) in [6.07, 6.45) is -4.67. The van der Waals surface area contributed by atoms with Gasteiger partial charge in [-0.3, -0.25) is 4.79 Å². The number of aromatic nitrogens is 1. The number of hydrogen-bond donors (Lipinski definition) is 1. The highest BCUT2D eigenvalue weighted by Crippen LogP contribution is 2.44. The maximum Gasteiger partial charge on any atom is 0.417 e. The van der Waals surface area contributed by atoms with Gasteiger partial charge in [0.15, 0.2) is 0 Å². The van der Waals surface area contributed by atoms with Crippen molar-refractivity contribution >= 4 is 33.0 Å². The van der Waals surface area contributed by atoms with E-state index in [-0.39, 0.29) is 26.5 Å². The lowest BCUT2D eigenvalue weighted by atomic mass is 10.0. The van der Waals surface area contributed by atoms with E-state index < -0.39 is 17.5 Å². The second kappa shape index (κ2) is 7.46. The lowest BCUT2D eigenvalue weighted by Gasteiger charge is -2.12. The van der Waals surface area contributed by atoms with E-state index in [0.717, 1.165) is 17.4 Å². The number of hydrogen-bond acceptors (Lipinski definition) is 5. The third kappa shape index (κ3) is 3.50. The normalized spacial score (nSPS) is 11.6. The number of halogens is 3. The average molecular weight is 428 g/mol. The molecular formula is C22H15F3N2O2S. The van der Waals surface area contributed by atoms with Crippen molar-refractivity contribution in [3.05, 3.63) is 76.7 Å². The molecule has 2 aromatic carbocycles. The number of thiophene rings is 1. The van der Waals surface area contributed by atoms with Gasteiger partial charge in [-0.15, -0.1) is 11.3 Å². The van der Waals surface area contributed by atoms with Gasteiger partial charge in [-0.1, -0.05) is 42.5 Å². The Morgan fingerprint density at radius 3 is 2.47 bits per heavy atom. The predicted molar refractivity (Wildman–Crippen MR) is 111 cm³/mol. The number of carbonyl (C=O) groups excluding carboxylic acids is 1. The van der Waals surface area contributed by atoms with E-state index in [1.807, 2.05) is 0 Å². The number of benzene rings is 2. The number of rotatable bonds is 4. The maximum atomic E-state index is 13.9. The highest BCUT2D eigenvalue weighted by atomic mass is 32.1. The Kier molecular flexibility index (Phi) is 4.95. The number of methoxy groups -OCH3 is 1. The minimum Gasteiger partial charge on any atom is -0.497 e.